The Hall–Kier alpha value is -1.09. The van der Waals surface area contributed by atoms with E-state index in [2.05, 4.69) is 18.9 Å². The molecule has 1 aromatic rings. The van der Waals surface area contributed by atoms with Gasteiger partial charge in [0.15, 0.2) is 0 Å². The summed E-state index contributed by atoms with van der Waals surface area (Å²) >= 11 is 0. The van der Waals surface area contributed by atoms with E-state index in [9.17, 15) is 4.39 Å². The molecule has 3 atom stereocenters. The highest BCUT2D eigenvalue weighted by molar-refractivity contribution is 5.55. The smallest absolute Gasteiger partial charge is 0.130 e. The summed E-state index contributed by atoms with van der Waals surface area (Å²) < 4.78 is 14.0. The molecule has 1 aliphatic rings. The second-order valence-electron chi connectivity index (χ2n) is 6.00. The maximum absolute atomic E-state index is 14.0. The average Bonchev–Trinajstić information content (AvgIpc) is 2.37. The highest BCUT2D eigenvalue weighted by Gasteiger charge is 2.25. The Morgan fingerprint density at radius 3 is 2.74 bits per heavy atom. The third-order valence-corrected chi connectivity index (χ3v) is 4.32. The van der Waals surface area contributed by atoms with Crippen LogP contribution >= 0.6 is 0 Å². The van der Waals surface area contributed by atoms with E-state index in [1.807, 2.05) is 13.0 Å². The molecular formula is C16H25FN2. The van der Waals surface area contributed by atoms with Gasteiger partial charge in [-0.25, -0.2) is 4.39 Å². The first kappa shape index (κ1) is 14.3. The molecule has 3 heteroatoms. The zero-order valence-corrected chi connectivity index (χ0v) is 12.2. The van der Waals surface area contributed by atoms with Crippen molar-refractivity contribution in [2.45, 2.75) is 51.6 Å². The summed E-state index contributed by atoms with van der Waals surface area (Å²) in [7, 11) is 2.07. The number of benzene rings is 1. The molecule has 2 nitrogen and oxygen atoms in total. The van der Waals surface area contributed by atoms with Gasteiger partial charge in [-0.15, -0.1) is 0 Å². The Balaban J connectivity index is 2.28. The Morgan fingerprint density at radius 2 is 2.11 bits per heavy atom. The second-order valence-corrected chi connectivity index (χ2v) is 6.00. The fourth-order valence-corrected chi connectivity index (χ4v) is 3.23. The summed E-state index contributed by atoms with van der Waals surface area (Å²) in [6.07, 6.45) is 4.95. The molecule has 2 unspecified atom stereocenters. The van der Waals surface area contributed by atoms with Crippen molar-refractivity contribution in [1.29, 1.82) is 0 Å². The van der Waals surface area contributed by atoms with Crippen molar-refractivity contribution in [2.24, 2.45) is 11.7 Å². The number of anilines is 1. The van der Waals surface area contributed by atoms with Crippen molar-refractivity contribution in [3.63, 3.8) is 0 Å². The lowest BCUT2D eigenvalue weighted by Crippen LogP contribution is -2.36. The molecule has 1 aliphatic carbocycles. The summed E-state index contributed by atoms with van der Waals surface area (Å²) in [6.45, 7) is 4.15. The van der Waals surface area contributed by atoms with E-state index in [0.717, 1.165) is 11.6 Å². The molecule has 0 aliphatic heterocycles. The molecule has 0 saturated heterocycles. The number of nitrogens with zero attached hydrogens (tertiary/aromatic N) is 1. The molecule has 0 amide bonds. The SMILES string of the molecule is CC1CCCC(N(C)c2cccc(F)c2[C@@H](C)N)C1. The number of hydrogen-bond donors (Lipinski definition) is 1. The molecule has 1 aromatic carbocycles. The van der Waals surface area contributed by atoms with Gasteiger partial charge in [0.25, 0.3) is 0 Å². The molecule has 1 saturated carbocycles. The summed E-state index contributed by atoms with van der Waals surface area (Å²) in [6, 6.07) is 5.49. The van der Waals surface area contributed by atoms with E-state index < -0.39 is 0 Å². The van der Waals surface area contributed by atoms with Crippen LogP contribution in [0.15, 0.2) is 18.2 Å². The van der Waals surface area contributed by atoms with Crippen molar-refractivity contribution in [1.82, 2.24) is 0 Å². The number of nitrogens with two attached hydrogens (primary N) is 1. The fraction of sp³-hybridized carbons (Fsp3) is 0.625. The van der Waals surface area contributed by atoms with E-state index >= 15 is 0 Å². The molecule has 0 radical (unpaired) electrons. The first-order valence-electron chi connectivity index (χ1n) is 7.27. The zero-order chi connectivity index (χ0) is 14.0. The van der Waals surface area contributed by atoms with Gasteiger partial charge in [-0.3, -0.25) is 0 Å². The van der Waals surface area contributed by atoms with E-state index in [4.69, 9.17) is 5.73 Å². The summed E-state index contributed by atoms with van der Waals surface area (Å²) in [5.74, 6) is 0.566. The van der Waals surface area contributed by atoms with Crippen molar-refractivity contribution < 1.29 is 4.39 Å². The minimum atomic E-state index is -0.278. The number of halogens is 1. The van der Waals surface area contributed by atoms with Crippen molar-refractivity contribution in [2.75, 3.05) is 11.9 Å². The number of hydrogen-bond acceptors (Lipinski definition) is 2. The third kappa shape index (κ3) is 3.08. The van der Waals surface area contributed by atoms with Crippen molar-refractivity contribution in [3.8, 4) is 0 Å². The highest BCUT2D eigenvalue weighted by Crippen LogP contribution is 2.33. The highest BCUT2D eigenvalue weighted by atomic mass is 19.1. The van der Waals surface area contributed by atoms with Crippen LogP contribution in [-0.2, 0) is 0 Å². The molecule has 0 aromatic heterocycles. The molecule has 2 N–H and O–H groups in total. The van der Waals surface area contributed by atoms with Crippen LogP contribution in [0.1, 0.15) is 51.1 Å². The van der Waals surface area contributed by atoms with Crippen molar-refractivity contribution in [3.05, 3.63) is 29.6 Å². The normalized spacial score (nSPS) is 25.1. The van der Waals surface area contributed by atoms with Gasteiger partial charge in [0, 0.05) is 30.4 Å². The van der Waals surface area contributed by atoms with Gasteiger partial charge in [0.2, 0.25) is 0 Å². The van der Waals surface area contributed by atoms with Crippen molar-refractivity contribution >= 4 is 5.69 Å². The quantitative estimate of drug-likeness (QED) is 0.898. The van der Waals surface area contributed by atoms with Gasteiger partial charge < -0.3 is 10.6 Å². The lowest BCUT2D eigenvalue weighted by atomic mass is 9.86. The molecule has 1 fully saturated rings. The van der Waals surface area contributed by atoms with E-state index in [0.29, 0.717) is 11.6 Å². The minimum Gasteiger partial charge on any atom is -0.371 e. The molecule has 0 heterocycles. The monoisotopic (exact) mass is 264 g/mol. The molecule has 19 heavy (non-hydrogen) atoms. The van der Waals surface area contributed by atoms with Crippen LogP contribution in [0.25, 0.3) is 0 Å². The van der Waals surface area contributed by atoms with Crippen LogP contribution in [-0.4, -0.2) is 13.1 Å². The summed E-state index contributed by atoms with van der Waals surface area (Å²) in [4.78, 5) is 2.23. The lowest BCUT2D eigenvalue weighted by Gasteiger charge is -2.37. The van der Waals surface area contributed by atoms with Gasteiger partial charge >= 0.3 is 0 Å². The molecule has 0 bridgehead atoms. The Bertz CT molecular complexity index is 431. The third-order valence-electron chi connectivity index (χ3n) is 4.32. The predicted octanol–water partition coefficient (Wildman–Crippen LogP) is 3.86. The lowest BCUT2D eigenvalue weighted by molar-refractivity contribution is 0.336. The van der Waals surface area contributed by atoms with Crippen LogP contribution in [0, 0.1) is 11.7 Å². The van der Waals surface area contributed by atoms with Gasteiger partial charge in [-0.2, -0.15) is 0 Å². The standard InChI is InChI=1S/C16H25FN2/c1-11-6-4-7-13(10-11)19(3)15-9-5-8-14(17)16(15)12(2)18/h5,8-9,11-13H,4,6-7,10,18H2,1-3H3/t11?,12-,13?/m1/s1. The van der Waals surface area contributed by atoms with Gasteiger partial charge in [0.1, 0.15) is 5.82 Å². The maximum atomic E-state index is 14.0. The van der Waals surface area contributed by atoms with E-state index in [-0.39, 0.29) is 11.9 Å². The molecular weight excluding hydrogens is 239 g/mol. The first-order chi connectivity index (χ1) is 9.00. The Kier molecular flexibility index (Phi) is 4.46. The van der Waals surface area contributed by atoms with Gasteiger partial charge in [0.05, 0.1) is 0 Å². The van der Waals surface area contributed by atoms with Crippen LogP contribution < -0.4 is 10.6 Å². The predicted molar refractivity (Wildman–Crippen MR) is 78.8 cm³/mol. The fourth-order valence-electron chi connectivity index (χ4n) is 3.23. The topological polar surface area (TPSA) is 29.3 Å². The zero-order valence-electron chi connectivity index (χ0n) is 12.2. The maximum Gasteiger partial charge on any atom is 0.130 e. The van der Waals surface area contributed by atoms with Crippen LogP contribution in [0.3, 0.4) is 0 Å². The van der Waals surface area contributed by atoms with Crippen LogP contribution in [0.5, 0.6) is 0 Å². The Morgan fingerprint density at radius 1 is 1.37 bits per heavy atom. The largest absolute Gasteiger partial charge is 0.371 e. The summed E-state index contributed by atoms with van der Waals surface area (Å²) in [5, 5.41) is 0. The number of rotatable bonds is 3. The molecule has 106 valence electrons. The van der Waals surface area contributed by atoms with Gasteiger partial charge in [-0.05, 0) is 37.8 Å². The Labute approximate surface area is 115 Å². The molecule has 0 spiro atoms. The van der Waals surface area contributed by atoms with E-state index in [1.165, 1.54) is 31.7 Å². The van der Waals surface area contributed by atoms with E-state index in [1.54, 1.807) is 6.07 Å². The summed E-state index contributed by atoms with van der Waals surface area (Å²) in [5.41, 5.74) is 7.54. The molecule has 2 rings (SSSR count). The average molecular weight is 264 g/mol. The van der Waals surface area contributed by atoms with Crippen LogP contribution in [0.4, 0.5) is 10.1 Å². The van der Waals surface area contributed by atoms with Gasteiger partial charge in [-0.1, -0.05) is 25.8 Å². The van der Waals surface area contributed by atoms with Crippen LogP contribution in [0.2, 0.25) is 0 Å². The second kappa shape index (κ2) is 5.91. The first-order valence-corrected chi connectivity index (χ1v) is 7.27. The minimum absolute atomic E-state index is 0.191.